The number of anilines is 3. The fourth-order valence-corrected chi connectivity index (χ4v) is 5.04. The van der Waals surface area contributed by atoms with Crippen molar-refractivity contribution in [2.24, 2.45) is 0 Å². The van der Waals surface area contributed by atoms with Gasteiger partial charge in [-0.05, 0) is 60.3 Å². The largest absolute Gasteiger partial charge is 0.437 e. The third-order valence-electron chi connectivity index (χ3n) is 6.23. The molecule has 2 aromatic carbocycles. The number of halogens is 1. The molecule has 0 aliphatic carbocycles. The second kappa shape index (κ2) is 9.21. The first-order chi connectivity index (χ1) is 17.5. The van der Waals surface area contributed by atoms with Crippen LogP contribution in [0.1, 0.15) is 0 Å². The van der Waals surface area contributed by atoms with Crippen molar-refractivity contribution in [2.75, 3.05) is 43.4 Å². The van der Waals surface area contributed by atoms with Gasteiger partial charge in [0.25, 0.3) is 0 Å². The molecule has 2 N–H and O–H groups in total. The van der Waals surface area contributed by atoms with Crippen LogP contribution < -0.4 is 20.5 Å². The average molecular weight is 503 g/mol. The number of nitrogens with zero attached hydrogens (tertiary/aromatic N) is 4. The molecule has 0 spiro atoms. The number of nitrogens with one attached hydrogen (secondary N) is 2. The van der Waals surface area contributed by atoms with Crippen LogP contribution >= 0.6 is 11.3 Å². The molecule has 6 rings (SSSR count). The van der Waals surface area contributed by atoms with Gasteiger partial charge in [-0.25, -0.2) is 9.37 Å². The van der Waals surface area contributed by atoms with Crippen molar-refractivity contribution < 1.29 is 9.13 Å². The first kappa shape index (κ1) is 22.4. The van der Waals surface area contributed by atoms with Crippen LogP contribution in [0.5, 0.6) is 11.6 Å². The molecule has 4 heterocycles. The molecule has 8 nitrogen and oxygen atoms in total. The lowest BCUT2D eigenvalue weighted by Gasteiger charge is -2.34. The van der Waals surface area contributed by atoms with E-state index in [0.717, 1.165) is 41.8 Å². The second-order valence-corrected chi connectivity index (χ2v) is 9.66. The summed E-state index contributed by atoms with van der Waals surface area (Å²) in [6, 6.07) is 15.7. The highest BCUT2D eigenvalue weighted by Crippen LogP contribution is 2.34. The molecule has 1 fully saturated rings. The van der Waals surface area contributed by atoms with Crippen LogP contribution in [0.3, 0.4) is 0 Å². The summed E-state index contributed by atoms with van der Waals surface area (Å²) >= 11 is 1.47. The van der Waals surface area contributed by atoms with Crippen LogP contribution in [0, 0.1) is 5.82 Å². The fourth-order valence-electron chi connectivity index (χ4n) is 4.28. The summed E-state index contributed by atoms with van der Waals surface area (Å²) in [5.74, 6) is 0.926. The number of likely N-dealkylation sites (N-methyl/N-ethyl adjacent to an activating group) is 1. The zero-order chi connectivity index (χ0) is 24.6. The number of piperazine rings is 1. The molecule has 182 valence electrons. The quantitative estimate of drug-likeness (QED) is 0.351. The van der Waals surface area contributed by atoms with Crippen LogP contribution in [0.2, 0.25) is 0 Å². The normalized spacial score (nSPS) is 14.4. The highest BCUT2D eigenvalue weighted by atomic mass is 32.1. The van der Waals surface area contributed by atoms with Crippen molar-refractivity contribution in [3.63, 3.8) is 0 Å². The summed E-state index contributed by atoms with van der Waals surface area (Å²) in [4.78, 5) is 27.9. The highest BCUT2D eigenvalue weighted by molar-refractivity contribution is 7.17. The lowest BCUT2D eigenvalue weighted by molar-refractivity contribution is 0.311. The van der Waals surface area contributed by atoms with Crippen molar-refractivity contribution in [1.29, 1.82) is 0 Å². The van der Waals surface area contributed by atoms with Gasteiger partial charge in [0.1, 0.15) is 16.3 Å². The van der Waals surface area contributed by atoms with E-state index in [9.17, 15) is 9.18 Å². The lowest BCUT2D eigenvalue weighted by Crippen LogP contribution is -2.44. The minimum absolute atomic E-state index is 0.181. The lowest BCUT2D eigenvalue weighted by atomic mass is 10.2. The molecule has 0 saturated carbocycles. The zero-order valence-corrected chi connectivity index (χ0v) is 20.3. The van der Waals surface area contributed by atoms with Crippen LogP contribution in [0.15, 0.2) is 64.8 Å². The van der Waals surface area contributed by atoms with E-state index in [1.165, 1.54) is 23.5 Å². The van der Waals surface area contributed by atoms with Gasteiger partial charge in [0.2, 0.25) is 17.4 Å². The molecule has 1 saturated heterocycles. The maximum Gasteiger partial charge on any atom is 0.248 e. The monoisotopic (exact) mass is 502 g/mol. The predicted molar refractivity (Wildman–Crippen MR) is 141 cm³/mol. The van der Waals surface area contributed by atoms with Crippen LogP contribution in [-0.4, -0.2) is 53.1 Å². The van der Waals surface area contributed by atoms with Gasteiger partial charge < -0.3 is 24.8 Å². The Morgan fingerprint density at radius 2 is 1.86 bits per heavy atom. The Morgan fingerprint density at radius 1 is 1.03 bits per heavy atom. The van der Waals surface area contributed by atoms with E-state index >= 15 is 0 Å². The standard InChI is InChI=1S/C26H23FN6O2S/c1-32-9-11-33(12-10-32)22-6-4-17(14-19(22)27)28-26-30-20-8-13-36-24(20)25(31-26)35-18-5-2-16-3-7-23(34)29-21(16)15-18/h2-8,13-15H,9-12H2,1H3,(H,29,34)(H,28,30,31). The third-order valence-corrected chi connectivity index (χ3v) is 7.12. The maximum atomic E-state index is 15.0. The zero-order valence-electron chi connectivity index (χ0n) is 19.5. The van der Waals surface area contributed by atoms with Crippen LogP contribution in [0.25, 0.3) is 21.1 Å². The highest BCUT2D eigenvalue weighted by Gasteiger charge is 2.18. The molecule has 5 aromatic rings. The van der Waals surface area contributed by atoms with Crippen molar-refractivity contribution in [3.8, 4) is 11.6 Å². The third kappa shape index (κ3) is 4.48. The van der Waals surface area contributed by atoms with Gasteiger partial charge in [0.05, 0.1) is 16.7 Å². The molecule has 1 aliphatic heterocycles. The first-order valence-electron chi connectivity index (χ1n) is 11.6. The molecule has 0 unspecified atom stereocenters. The molecule has 10 heteroatoms. The van der Waals surface area contributed by atoms with Gasteiger partial charge in [-0.3, -0.25) is 4.79 Å². The number of benzene rings is 2. The van der Waals surface area contributed by atoms with E-state index in [-0.39, 0.29) is 11.4 Å². The minimum Gasteiger partial charge on any atom is -0.437 e. The summed E-state index contributed by atoms with van der Waals surface area (Å²) in [6.07, 6.45) is 0. The number of hydrogen-bond acceptors (Lipinski definition) is 8. The fraction of sp³-hybridized carbons (Fsp3) is 0.192. The van der Waals surface area contributed by atoms with E-state index in [0.29, 0.717) is 34.5 Å². The van der Waals surface area contributed by atoms with E-state index < -0.39 is 0 Å². The average Bonchev–Trinajstić information content (AvgIpc) is 3.34. The number of aromatic amines is 1. The summed E-state index contributed by atoms with van der Waals surface area (Å²) in [5, 5.41) is 5.93. The molecule has 3 aromatic heterocycles. The van der Waals surface area contributed by atoms with Crippen molar-refractivity contribution in [3.05, 3.63) is 76.1 Å². The van der Waals surface area contributed by atoms with Gasteiger partial charge in [0.15, 0.2) is 0 Å². The first-order valence-corrected chi connectivity index (χ1v) is 12.5. The van der Waals surface area contributed by atoms with E-state index in [1.807, 2.05) is 29.6 Å². The SMILES string of the molecule is CN1CCN(c2ccc(Nc3nc(Oc4ccc5ccc(=O)[nH]c5c4)c4sccc4n3)cc2F)CC1. The molecule has 1 aliphatic rings. The Hall–Kier alpha value is -4.02. The maximum absolute atomic E-state index is 15.0. The number of thiophene rings is 1. The van der Waals surface area contributed by atoms with Crippen molar-refractivity contribution in [2.45, 2.75) is 0 Å². The summed E-state index contributed by atoms with van der Waals surface area (Å²) in [5.41, 5.74) is 2.36. The summed E-state index contributed by atoms with van der Waals surface area (Å²) < 4.78 is 21.9. The van der Waals surface area contributed by atoms with Gasteiger partial charge in [-0.1, -0.05) is 0 Å². The number of ether oxygens (including phenoxy) is 1. The molecular weight excluding hydrogens is 479 g/mol. The molecule has 0 amide bonds. The van der Waals surface area contributed by atoms with Gasteiger partial charge >= 0.3 is 0 Å². The Kier molecular flexibility index (Phi) is 5.74. The number of hydrogen-bond donors (Lipinski definition) is 2. The Bertz CT molecular complexity index is 1630. The molecule has 0 radical (unpaired) electrons. The van der Waals surface area contributed by atoms with Gasteiger partial charge in [0, 0.05) is 44.0 Å². The van der Waals surface area contributed by atoms with E-state index in [1.54, 1.807) is 18.2 Å². The van der Waals surface area contributed by atoms with Gasteiger partial charge in [-0.2, -0.15) is 4.98 Å². The second-order valence-electron chi connectivity index (χ2n) is 8.74. The number of pyridine rings is 1. The van der Waals surface area contributed by atoms with Crippen molar-refractivity contribution >= 4 is 49.8 Å². The van der Waals surface area contributed by atoms with Gasteiger partial charge in [-0.15, -0.1) is 11.3 Å². The van der Waals surface area contributed by atoms with Crippen LogP contribution in [0.4, 0.5) is 21.7 Å². The summed E-state index contributed by atoms with van der Waals surface area (Å²) in [6.45, 7) is 3.40. The minimum atomic E-state index is -0.289. The smallest absolute Gasteiger partial charge is 0.248 e. The molecule has 0 bridgehead atoms. The number of H-pyrrole nitrogens is 1. The topological polar surface area (TPSA) is 86.4 Å². The number of fused-ring (bicyclic) bond motifs is 2. The molecular formula is C26H23FN6O2S. The summed E-state index contributed by atoms with van der Waals surface area (Å²) in [7, 11) is 2.07. The Labute approximate surface area is 210 Å². The number of rotatable bonds is 5. The predicted octanol–water partition coefficient (Wildman–Crippen LogP) is 4.96. The van der Waals surface area contributed by atoms with E-state index in [2.05, 4.69) is 37.1 Å². The Morgan fingerprint density at radius 3 is 2.69 bits per heavy atom. The molecule has 0 atom stereocenters. The van der Waals surface area contributed by atoms with Crippen LogP contribution in [-0.2, 0) is 0 Å². The number of aromatic nitrogens is 3. The Balaban J connectivity index is 1.27. The molecule has 36 heavy (non-hydrogen) atoms. The van der Waals surface area contributed by atoms with E-state index in [4.69, 9.17) is 4.74 Å². The van der Waals surface area contributed by atoms with Crippen molar-refractivity contribution in [1.82, 2.24) is 19.9 Å².